The van der Waals surface area contributed by atoms with Gasteiger partial charge < -0.3 is 5.11 Å². The first-order valence-corrected chi connectivity index (χ1v) is 2.49. The SMILES string of the molecule is [CH2]C(=O)CC(C)(C)O. The number of ketones is 1. The Hall–Kier alpha value is -0.370. The molecule has 0 saturated carbocycles. The Morgan fingerprint density at radius 2 is 2.12 bits per heavy atom. The van der Waals surface area contributed by atoms with E-state index >= 15 is 0 Å². The number of aliphatic hydroxyl groups is 1. The van der Waals surface area contributed by atoms with Crippen molar-refractivity contribution in [3.05, 3.63) is 6.92 Å². The average Bonchev–Trinajstić information content (AvgIpc) is 1.21. The highest BCUT2D eigenvalue weighted by Crippen LogP contribution is 2.05. The van der Waals surface area contributed by atoms with E-state index in [9.17, 15) is 4.79 Å². The Labute approximate surface area is 49.5 Å². The Morgan fingerprint density at radius 3 is 2.12 bits per heavy atom. The molecule has 0 amide bonds. The third-order valence-electron chi connectivity index (χ3n) is 0.630. The van der Waals surface area contributed by atoms with E-state index in [1.54, 1.807) is 13.8 Å². The van der Waals surface area contributed by atoms with Crippen molar-refractivity contribution in [2.45, 2.75) is 25.9 Å². The van der Waals surface area contributed by atoms with Crippen LogP contribution in [0.1, 0.15) is 20.3 Å². The zero-order valence-electron chi connectivity index (χ0n) is 5.27. The molecular weight excluding hydrogens is 104 g/mol. The average molecular weight is 115 g/mol. The molecule has 0 fully saturated rings. The highest BCUT2D eigenvalue weighted by molar-refractivity contribution is 5.83. The van der Waals surface area contributed by atoms with E-state index in [0.717, 1.165) is 0 Å². The lowest BCUT2D eigenvalue weighted by Crippen LogP contribution is -2.21. The van der Waals surface area contributed by atoms with Gasteiger partial charge in [0.15, 0.2) is 0 Å². The Kier molecular flexibility index (Phi) is 2.16. The summed E-state index contributed by atoms with van der Waals surface area (Å²) in [6, 6.07) is 0. The van der Waals surface area contributed by atoms with Crippen molar-refractivity contribution in [2.75, 3.05) is 0 Å². The summed E-state index contributed by atoms with van der Waals surface area (Å²) in [4.78, 5) is 10.2. The van der Waals surface area contributed by atoms with Gasteiger partial charge in [0.1, 0.15) is 5.78 Å². The Morgan fingerprint density at radius 1 is 1.75 bits per heavy atom. The lowest BCUT2D eigenvalue weighted by molar-refractivity contribution is -0.118. The van der Waals surface area contributed by atoms with Crippen LogP contribution in [0.4, 0.5) is 0 Å². The summed E-state index contributed by atoms with van der Waals surface area (Å²) < 4.78 is 0. The van der Waals surface area contributed by atoms with Gasteiger partial charge in [0.25, 0.3) is 0 Å². The molecule has 0 bridgehead atoms. The molecule has 8 heavy (non-hydrogen) atoms. The maximum Gasteiger partial charge on any atom is 0.136 e. The van der Waals surface area contributed by atoms with E-state index in [4.69, 9.17) is 5.11 Å². The van der Waals surface area contributed by atoms with E-state index in [2.05, 4.69) is 6.92 Å². The summed E-state index contributed by atoms with van der Waals surface area (Å²) in [6.45, 7) is 6.28. The standard InChI is InChI=1S/C6H11O2/c1-5(7)4-6(2,3)8/h8H,1,4H2,2-3H3. The van der Waals surface area contributed by atoms with Gasteiger partial charge in [-0.2, -0.15) is 0 Å². The van der Waals surface area contributed by atoms with Gasteiger partial charge >= 0.3 is 0 Å². The van der Waals surface area contributed by atoms with Gasteiger partial charge in [-0.15, -0.1) is 0 Å². The van der Waals surface area contributed by atoms with Crippen LogP contribution >= 0.6 is 0 Å². The first kappa shape index (κ1) is 7.63. The maximum atomic E-state index is 10.2. The lowest BCUT2D eigenvalue weighted by atomic mass is 10.0. The highest BCUT2D eigenvalue weighted by Gasteiger charge is 2.14. The van der Waals surface area contributed by atoms with E-state index in [-0.39, 0.29) is 12.2 Å². The molecule has 0 aromatic heterocycles. The molecule has 2 nitrogen and oxygen atoms in total. The molecule has 0 aliphatic rings. The fourth-order valence-electron chi connectivity index (χ4n) is 0.483. The molecule has 0 rings (SSSR count). The topological polar surface area (TPSA) is 37.3 Å². The molecular formula is C6H11O2. The minimum Gasteiger partial charge on any atom is -0.390 e. The zero-order valence-corrected chi connectivity index (χ0v) is 5.27. The molecule has 0 saturated heterocycles. The second-order valence-corrected chi connectivity index (χ2v) is 2.53. The van der Waals surface area contributed by atoms with E-state index in [1.165, 1.54) is 0 Å². The molecule has 1 N–H and O–H groups in total. The summed E-state index contributed by atoms with van der Waals surface area (Å²) in [6.07, 6.45) is 0.132. The van der Waals surface area contributed by atoms with E-state index < -0.39 is 5.60 Å². The van der Waals surface area contributed by atoms with Crippen LogP contribution in [0.25, 0.3) is 0 Å². The molecule has 1 radical (unpaired) electrons. The predicted molar refractivity (Wildman–Crippen MR) is 31.3 cm³/mol. The summed E-state index contributed by atoms with van der Waals surface area (Å²) >= 11 is 0. The smallest absolute Gasteiger partial charge is 0.136 e. The van der Waals surface area contributed by atoms with Crippen molar-refractivity contribution in [2.24, 2.45) is 0 Å². The molecule has 0 aromatic carbocycles. The number of Topliss-reactive ketones (excluding diaryl/α,β-unsaturated/α-hetero) is 1. The third kappa shape index (κ3) is 5.63. The molecule has 0 aromatic rings. The van der Waals surface area contributed by atoms with Crippen LogP contribution in [0, 0.1) is 6.92 Å². The minimum atomic E-state index is -0.890. The monoisotopic (exact) mass is 115 g/mol. The molecule has 0 heterocycles. The fraction of sp³-hybridized carbons (Fsp3) is 0.667. The Balaban J connectivity index is 3.55. The van der Waals surface area contributed by atoms with Crippen molar-refractivity contribution in [1.82, 2.24) is 0 Å². The van der Waals surface area contributed by atoms with Crippen molar-refractivity contribution in [1.29, 1.82) is 0 Å². The normalized spacial score (nSPS) is 11.5. The van der Waals surface area contributed by atoms with Crippen molar-refractivity contribution in [3.63, 3.8) is 0 Å². The van der Waals surface area contributed by atoms with Crippen LogP contribution < -0.4 is 0 Å². The van der Waals surface area contributed by atoms with Crippen LogP contribution in [0.15, 0.2) is 0 Å². The van der Waals surface area contributed by atoms with Crippen LogP contribution in [-0.4, -0.2) is 16.5 Å². The van der Waals surface area contributed by atoms with Gasteiger partial charge in [-0.05, 0) is 13.8 Å². The fourth-order valence-corrected chi connectivity index (χ4v) is 0.483. The number of carbonyl (C=O) groups excluding carboxylic acids is 1. The number of hydrogen-bond acceptors (Lipinski definition) is 2. The first-order chi connectivity index (χ1) is 3.42. The van der Waals surface area contributed by atoms with Crippen LogP contribution in [0.5, 0.6) is 0 Å². The predicted octanol–water partition coefficient (Wildman–Crippen LogP) is 0.551. The third-order valence-corrected chi connectivity index (χ3v) is 0.630. The van der Waals surface area contributed by atoms with Gasteiger partial charge in [-0.25, -0.2) is 0 Å². The molecule has 47 valence electrons. The van der Waals surface area contributed by atoms with Gasteiger partial charge in [-0.3, -0.25) is 4.79 Å². The van der Waals surface area contributed by atoms with Gasteiger partial charge in [-0.1, -0.05) is 0 Å². The summed E-state index contributed by atoms with van der Waals surface area (Å²) in [5.41, 5.74) is -0.890. The number of hydrogen-bond donors (Lipinski definition) is 1. The summed E-state index contributed by atoms with van der Waals surface area (Å²) in [7, 11) is 0. The quantitative estimate of drug-likeness (QED) is 0.570. The van der Waals surface area contributed by atoms with Crippen LogP contribution in [-0.2, 0) is 4.79 Å². The second kappa shape index (κ2) is 2.27. The molecule has 0 spiro atoms. The largest absolute Gasteiger partial charge is 0.390 e. The van der Waals surface area contributed by atoms with Gasteiger partial charge in [0.2, 0.25) is 0 Å². The van der Waals surface area contributed by atoms with Crippen LogP contribution in [0.3, 0.4) is 0 Å². The molecule has 0 aliphatic carbocycles. The molecule has 2 heteroatoms. The number of carbonyl (C=O) groups is 1. The maximum absolute atomic E-state index is 10.2. The lowest BCUT2D eigenvalue weighted by Gasteiger charge is -2.13. The minimum absolute atomic E-state index is 0.132. The van der Waals surface area contributed by atoms with Gasteiger partial charge in [0, 0.05) is 13.3 Å². The highest BCUT2D eigenvalue weighted by atomic mass is 16.3. The molecule has 0 atom stereocenters. The molecule has 0 unspecified atom stereocenters. The van der Waals surface area contributed by atoms with Crippen molar-refractivity contribution in [3.8, 4) is 0 Å². The summed E-state index contributed by atoms with van der Waals surface area (Å²) in [5.74, 6) is -0.225. The molecule has 0 aliphatic heterocycles. The zero-order chi connectivity index (χ0) is 6.78. The Bertz CT molecular complexity index is 89.2. The van der Waals surface area contributed by atoms with Crippen LogP contribution in [0.2, 0.25) is 0 Å². The first-order valence-electron chi connectivity index (χ1n) is 2.49. The van der Waals surface area contributed by atoms with Crippen molar-refractivity contribution >= 4 is 5.78 Å². The second-order valence-electron chi connectivity index (χ2n) is 2.53. The van der Waals surface area contributed by atoms with Gasteiger partial charge in [0.05, 0.1) is 5.60 Å². The van der Waals surface area contributed by atoms with E-state index in [1.807, 2.05) is 0 Å². The summed E-state index contributed by atoms with van der Waals surface area (Å²) in [5, 5.41) is 8.93. The number of rotatable bonds is 2. The van der Waals surface area contributed by atoms with E-state index in [0.29, 0.717) is 0 Å². The van der Waals surface area contributed by atoms with Crippen molar-refractivity contribution < 1.29 is 9.90 Å².